The Balaban J connectivity index is 2.56. The van der Waals surface area contributed by atoms with Gasteiger partial charge in [-0.25, -0.2) is 0 Å². The van der Waals surface area contributed by atoms with E-state index < -0.39 is 5.91 Å². The predicted octanol–water partition coefficient (Wildman–Crippen LogP) is 1.73. The van der Waals surface area contributed by atoms with E-state index in [1.807, 2.05) is 30.3 Å². The van der Waals surface area contributed by atoms with Gasteiger partial charge in [0, 0.05) is 17.7 Å². The van der Waals surface area contributed by atoms with Gasteiger partial charge in [0.25, 0.3) is 0 Å². The number of carbonyl (C=O) groups is 1. The van der Waals surface area contributed by atoms with Gasteiger partial charge in [-0.3, -0.25) is 9.78 Å². The van der Waals surface area contributed by atoms with Crippen LogP contribution in [0, 0.1) is 0 Å². The maximum atomic E-state index is 10.6. The number of aromatic nitrogens is 1. The van der Waals surface area contributed by atoms with Gasteiger partial charge < -0.3 is 5.73 Å². The first kappa shape index (κ1) is 9.40. The number of amides is 1. The average molecular weight is 198 g/mol. The molecule has 1 aromatic carbocycles. The van der Waals surface area contributed by atoms with E-state index in [1.54, 1.807) is 12.3 Å². The fraction of sp³-hybridized carbons (Fsp3) is 0. The van der Waals surface area contributed by atoms with E-state index >= 15 is 0 Å². The van der Waals surface area contributed by atoms with E-state index in [0.29, 0.717) is 0 Å². The van der Waals surface area contributed by atoms with Crippen LogP contribution in [0.2, 0.25) is 0 Å². The molecule has 0 unspecified atom stereocenters. The fourth-order valence-corrected chi connectivity index (χ4v) is 1.44. The summed E-state index contributed by atoms with van der Waals surface area (Å²) in [6, 6.07) is 9.57. The van der Waals surface area contributed by atoms with E-state index in [9.17, 15) is 4.79 Å². The molecule has 74 valence electrons. The summed E-state index contributed by atoms with van der Waals surface area (Å²) in [4.78, 5) is 14.8. The quantitative estimate of drug-likeness (QED) is 0.747. The molecule has 2 N–H and O–H groups in total. The molecule has 1 aromatic heterocycles. The normalized spacial score (nSPS) is 10.9. The minimum Gasteiger partial charge on any atom is -0.366 e. The van der Waals surface area contributed by atoms with Crippen LogP contribution >= 0.6 is 0 Å². The lowest BCUT2D eigenvalue weighted by Gasteiger charge is -1.99. The minimum atomic E-state index is -0.448. The maximum absolute atomic E-state index is 10.6. The van der Waals surface area contributed by atoms with E-state index in [1.165, 1.54) is 6.08 Å². The van der Waals surface area contributed by atoms with Crippen molar-refractivity contribution in [2.75, 3.05) is 0 Å². The monoisotopic (exact) mass is 198 g/mol. The SMILES string of the molecule is NC(=O)/C=C\c1cccc2ncccc12. The Morgan fingerprint density at radius 3 is 2.93 bits per heavy atom. The lowest BCUT2D eigenvalue weighted by molar-refractivity contribution is -0.113. The van der Waals surface area contributed by atoms with Crippen LogP contribution in [-0.2, 0) is 4.79 Å². The van der Waals surface area contributed by atoms with Crippen molar-refractivity contribution >= 4 is 22.9 Å². The van der Waals surface area contributed by atoms with Gasteiger partial charge in [-0.05, 0) is 23.8 Å². The van der Waals surface area contributed by atoms with Crippen LogP contribution in [0.4, 0.5) is 0 Å². The van der Waals surface area contributed by atoms with Gasteiger partial charge in [0.1, 0.15) is 0 Å². The average Bonchev–Trinajstić information content (AvgIpc) is 2.26. The highest BCUT2D eigenvalue weighted by molar-refractivity contribution is 5.94. The summed E-state index contributed by atoms with van der Waals surface area (Å²) in [6.07, 6.45) is 4.79. The van der Waals surface area contributed by atoms with Crippen molar-refractivity contribution in [3.05, 3.63) is 48.2 Å². The number of carbonyl (C=O) groups excluding carboxylic acids is 1. The Morgan fingerprint density at radius 2 is 2.13 bits per heavy atom. The Morgan fingerprint density at radius 1 is 1.27 bits per heavy atom. The van der Waals surface area contributed by atoms with E-state index in [4.69, 9.17) is 5.73 Å². The number of rotatable bonds is 2. The summed E-state index contributed by atoms with van der Waals surface area (Å²) >= 11 is 0. The van der Waals surface area contributed by atoms with Gasteiger partial charge in [0.2, 0.25) is 5.91 Å². The van der Waals surface area contributed by atoms with Crippen LogP contribution in [0.25, 0.3) is 17.0 Å². The molecule has 0 atom stereocenters. The number of nitrogens with zero attached hydrogens (tertiary/aromatic N) is 1. The number of primary amides is 1. The molecule has 0 aliphatic carbocycles. The Labute approximate surface area is 87.2 Å². The Bertz CT molecular complexity index is 527. The summed E-state index contributed by atoms with van der Waals surface area (Å²) in [7, 11) is 0. The number of hydrogen-bond donors (Lipinski definition) is 1. The molecule has 0 saturated carbocycles. The third-order valence-electron chi connectivity index (χ3n) is 2.11. The molecule has 0 bridgehead atoms. The maximum Gasteiger partial charge on any atom is 0.241 e. The lowest BCUT2D eigenvalue weighted by Crippen LogP contribution is -2.05. The lowest BCUT2D eigenvalue weighted by atomic mass is 10.1. The molecule has 2 aromatic rings. The summed E-state index contributed by atoms with van der Waals surface area (Å²) in [6.45, 7) is 0. The highest BCUT2D eigenvalue weighted by Gasteiger charge is 1.97. The second-order valence-electron chi connectivity index (χ2n) is 3.15. The predicted molar refractivity (Wildman–Crippen MR) is 60.0 cm³/mol. The highest BCUT2D eigenvalue weighted by atomic mass is 16.1. The number of nitrogens with two attached hydrogens (primary N) is 1. The van der Waals surface area contributed by atoms with Crippen molar-refractivity contribution < 1.29 is 4.79 Å². The molecular weight excluding hydrogens is 188 g/mol. The number of pyridine rings is 1. The third kappa shape index (κ3) is 2.02. The molecule has 0 saturated heterocycles. The zero-order valence-electron chi connectivity index (χ0n) is 8.05. The van der Waals surface area contributed by atoms with Gasteiger partial charge in [-0.2, -0.15) is 0 Å². The number of fused-ring (bicyclic) bond motifs is 1. The second kappa shape index (κ2) is 3.92. The molecule has 0 radical (unpaired) electrons. The topological polar surface area (TPSA) is 56.0 Å². The summed E-state index contributed by atoms with van der Waals surface area (Å²) < 4.78 is 0. The van der Waals surface area contributed by atoms with Gasteiger partial charge in [-0.1, -0.05) is 18.2 Å². The van der Waals surface area contributed by atoms with Crippen molar-refractivity contribution in [3.63, 3.8) is 0 Å². The molecule has 0 spiro atoms. The van der Waals surface area contributed by atoms with Crippen LogP contribution in [-0.4, -0.2) is 10.9 Å². The molecule has 1 heterocycles. The molecular formula is C12H10N2O. The molecule has 1 amide bonds. The first-order chi connectivity index (χ1) is 7.27. The van der Waals surface area contributed by atoms with Crippen LogP contribution in [0.3, 0.4) is 0 Å². The Hall–Kier alpha value is -2.16. The highest BCUT2D eigenvalue weighted by Crippen LogP contribution is 2.17. The minimum absolute atomic E-state index is 0.448. The van der Waals surface area contributed by atoms with Crippen molar-refractivity contribution in [3.8, 4) is 0 Å². The van der Waals surface area contributed by atoms with Crippen LogP contribution in [0.15, 0.2) is 42.6 Å². The first-order valence-electron chi connectivity index (χ1n) is 4.58. The Kier molecular flexibility index (Phi) is 2.46. The van der Waals surface area contributed by atoms with Gasteiger partial charge in [0.15, 0.2) is 0 Å². The summed E-state index contributed by atoms with van der Waals surface area (Å²) in [5.41, 5.74) is 6.89. The smallest absolute Gasteiger partial charge is 0.241 e. The zero-order chi connectivity index (χ0) is 10.7. The van der Waals surface area contributed by atoms with E-state index in [2.05, 4.69) is 4.98 Å². The van der Waals surface area contributed by atoms with Crippen molar-refractivity contribution in [2.45, 2.75) is 0 Å². The van der Waals surface area contributed by atoms with Crippen molar-refractivity contribution in [1.82, 2.24) is 4.98 Å². The number of hydrogen-bond acceptors (Lipinski definition) is 2. The first-order valence-corrected chi connectivity index (χ1v) is 4.58. The molecule has 0 aliphatic heterocycles. The largest absolute Gasteiger partial charge is 0.366 e. The molecule has 0 fully saturated rings. The third-order valence-corrected chi connectivity index (χ3v) is 2.11. The van der Waals surface area contributed by atoms with Gasteiger partial charge >= 0.3 is 0 Å². The fourth-order valence-electron chi connectivity index (χ4n) is 1.44. The van der Waals surface area contributed by atoms with E-state index in [-0.39, 0.29) is 0 Å². The number of benzene rings is 1. The molecule has 3 nitrogen and oxygen atoms in total. The molecule has 3 heteroatoms. The van der Waals surface area contributed by atoms with Crippen molar-refractivity contribution in [1.29, 1.82) is 0 Å². The van der Waals surface area contributed by atoms with Crippen LogP contribution in [0.5, 0.6) is 0 Å². The summed E-state index contributed by atoms with van der Waals surface area (Å²) in [5.74, 6) is -0.448. The molecule has 0 aliphatic rings. The molecule has 2 rings (SSSR count). The summed E-state index contributed by atoms with van der Waals surface area (Å²) in [5, 5.41) is 1.01. The zero-order valence-corrected chi connectivity index (χ0v) is 8.05. The van der Waals surface area contributed by atoms with Gasteiger partial charge in [0.05, 0.1) is 5.52 Å². The standard InChI is InChI=1S/C12H10N2O/c13-12(15)7-6-9-3-1-5-11-10(9)4-2-8-14-11/h1-8H,(H2,13,15)/b7-6-. The second-order valence-corrected chi connectivity index (χ2v) is 3.15. The van der Waals surface area contributed by atoms with Crippen LogP contribution < -0.4 is 5.73 Å². The van der Waals surface area contributed by atoms with Gasteiger partial charge in [-0.15, -0.1) is 0 Å². The van der Waals surface area contributed by atoms with Crippen LogP contribution in [0.1, 0.15) is 5.56 Å². The molecule has 15 heavy (non-hydrogen) atoms. The van der Waals surface area contributed by atoms with Crippen molar-refractivity contribution in [2.24, 2.45) is 5.73 Å². The van der Waals surface area contributed by atoms with E-state index in [0.717, 1.165) is 16.5 Å².